The van der Waals surface area contributed by atoms with Gasteiger partial charge >= 0.3 is 0 Å². The number of hydrogen-bond acceptors (Lipinski definition) is 3. The lowest BCUT2D eigenvalue weighted by Crippen LogP contribution is -1.98. The first-order chi connectivity index (χ1) is 8.70. The summed E-state index contributed by atoms with van der Waals surface area (Å²) in [5, 5.41) is 0.916. The van der Waals surface area contributed by atoms with E-state index in [2.05, 4.69) is 11.1 Å². The molecular formula is C14H12N2OS. The van der Waals surface area contributed by atoms with Crippen LogP contribution < -0.4 is 0 Å². The maximum atomic E-state index is 11.0. The van der Waals surface area contributed by atoms with E-state index >= 15 is 0 Å². The highest BCUT2D eigenvalue weighted by molar-refractivity contribution is 7.20. The Morgan fingerprint density at radius 1 is 1.28 bits per heavy atom. The smallest absolute Gasteiger partial charge is 0.195 e. The fraction of sp³-hybridized carbons (Fsp3) is 0.143. The van der Waals surface area contributed by atoms with Crippen LogP contribution in [-0.2, 0) is 0 Å². The molecule has 4 heteroatoms. The number of rotatable bonds is 2. The molecule has 2 aromatic heterocycles. The Hall–Kier alpha value is -1.94. The quantitative estimate of drug-likeness (QED) is 0.657. The van der Waals surface area contributed by atoms with E-state index in [9.17, 15) is 4.79 Å². The Morgan fingerprint density at radius 2 is 2.06 bits per heavy atom. The number of aryl methyl sites for hydroxylation is 1. The summed E-state index contributed by atoms with van der Waals surface area (Å²) in [5.41, 5.74) is 3.71. The number of fused-ring (bicyclic) bond motifs is 1. The van der Waals surface area contributed by atoms with Gasteiger partial charge in [0, 0.05) is 17.0 Å². The van der Waals surface area contributed by atoms with Crippen molar-refractivity contribution in [3.05, 3.63) is 47.3 Å². The Labute approximate surface area is 109 Å². The minimum atomic E-state index is 0.728. The van der Waals surface area contributed by atoms with Gasteiger partial charge in [0.05, 0.1) is 10.2 Å². The Balaban J connectivity index is 2.25. The van der Waals surface area contributed by atoms with Crippen molar-refractivity contribution < 1.29 is 4.79 Å². The van der Waals surface area contributed by atoms with E-state index in [1.165, 1.54) is 0 Å². The van der Waals surface area contributed by atoms with Crippen LogP contribution in [0.3, 0.4) is 0 Å². The molecule has 18 heavy (non-hydrogen) atoms. The van der Waals surface area contributed by atoms with Crippen LogP contribution in [0.2, 0.25) is 0 Å². The number of hydrogen-bond donors (Lipinski definition) is 0. The predicted octanol–water partition coefficient (Wildman–Crippen LogP) is 3.52. The maximum Gasteiger partial charge on any atom is 0.195 e. The van der Waals surface area contributed by atoms with Crippen LogP contribution in [0.1, 0.15) is 21.7 Å². The maximum absolute atomic E-state index is 11.0. The third-order valence-corrected chi connectivity index (χ3v) is 4.09. The van der Waals surface area contributed by atoms with Crippen LogP contribution in [0, 0.1) is 13.8 Å². The van der Waals surface area contributed by atoms with E-state index in [4.69, 9.17) is 0 Å². The van der Waals surface area contributed by atoms with Crippen LogP contribution in [0.25, 0.3) is 15.3 Å². The summed E-state index contributed by atoms with van der Waals surface area (Å²) >= 11 is 1.64. The Kier molecular flexibility index (Phi) is 2.52. The minimum absolute atomic E-state index is 0.728. The molecule has 0 radical (unpaired) electrons. The lowest BCUT2D eigenvalue weighted by atomic mass is 10.3. The second kappa shape index (κ2) is 4.07. The molecule has 0 bridgehead atoms. The number of aromatic nitrogens is 2. The average Bonchev–Trinajstić information content (AvgIpc) is 2.89. The molecule has 0 fully saturated rings. The predicted molar refractivity (Wildman–Crippen MR) is 73.8 cm³/mol. The van der Waals surface area contributed by atoms with Gasteiger partial charge in [-0.2, -0.15) is 0 Å². The first-order valence-corrected chi connectivity index (χ1v) is 6.52. The summed E-state index contributed by atoms with van der Waals surface area (Å²) in [7, 11) is 0. The molecule has 3 nitrogen and oxygen atoms in total. The van der Waals surface area contributed by atoms with Crippen molar-refractivity contribution in [3.63, 3.8) is 0 Å². The van der Waals surface area contributed by atoms with E-state index in [1.807, 2.05) is 42.7 Å². The number of thiazole rings is 1. The lowest BCUT2D eigenvalue weighted by Gasteiger charge is -2.03. The van der Waals surface area contributed by atoms with Gasteiger partial charge in [0.15, 0.2) is 11.4 Å². The monoisotopic (exact) mass is 256 g/mol. The number of nitrogens with zero attached hydrogens (tertiary/aromatic N) is 2. The van der Waals surface area contributed by atoms with Gasteiger partial charge in [-0.3, -0.25) is 9.36 Å². The highest BCUT2D eigenvalue weighted by atomic mass is 32.1. The molecule has 0 aliphatic carbocycles. The van der Waals surface area contributed by atoms with Gasteiger partial charge in [-0.05, 0) is 32.0 Å². The molecule has 0 N–H and O–H groups in total. The lowest BCUT2D eigenvalue weighted by molar-refractivity contribution is 0.112. The van der Waals surface area contributed by atoms with Crippen molar-refractivity contribution in [2.24, 2.45) is 0 Å². The number of para-hydroxylation sites is 1. The normalized spacial score (nSPS) is 11.0. The van der Waals surface area contributed by atoms with E-state index in [0.29, 0.717) is 0 Å². The molecule has 0 saturated heterocycles. The highest BCUT2D eigenvalue weighted by Gasteiger charge is 2.13. The van der Waals surface area contributed by atoms with Gasteiger partial charge in [0.2, 0.25) is 0 Å². The molecule has 0 aliphatic rings. The number of benzene rings is 1. The van der Waals surface area contributed by atoms with Gasteiger partial charge in [0.25, 0.3) is 0 Å². The van der Waals surface area contributed by atoms with Crippen molar-refractivity contribution in [2.45, 2.75) is 13.8 Å². The summed E-state index contributed by atoms with van der Waals surface area (Å²) in [6.45, 7) is 3.94. The largest absolute Gasteiger partial charge is 0.298 e. The van der Waals surface area contributed by atoms with Crippen molar-refractivity contribution in [1.82, 2.24) is 9.55 Å². The summed E-state index contributed by atoms with van der Waals surface area (Å²) in [5.74, 6) is 0. The van der Waals surface area contributed by atoms with Crippen LogP contribution >= 0.6 is 11.3 Å². The fourth-order valence-corrected chi connectivity index (χ4v) is 3.23. The second-order valence-corrected chi connectivity index (χ2v) is 5.25. The van der Waals surface area contributed by atoms with Gasteiger partial charge in [-0.1, -0.05) is 23.5 Å². The van der Waals surface area contributed by atoms with E-state index in [1.54, 1.807) is 11.3 Å². The summed E-state index contributed by atoms with van der Waals surface area (Å²) < 4.78 is 3.20. The SMILES string of the molecule is Cc1cc(C=O)c(C)n1-c1nc2ccccc2s1. The zero-order valence-corrected chi connectivity index (χ0v) is 11.0. The summed E-state index contributed by atoms with van der Waals surface area (Å²) in [6, 6.07) is 9.96. The molecule has 0 aliphatic heterocycles. The molecule has 0 unspecified atom stereocenters. The van der Waals surface area contributed by atoms with Gasteiger partial charge < -0.3 is 0 Å². The first-order valence-electron chi connectivity index (χ1n) is 5.71. The highest BCUT2D eigenvalue weighted by Crippen LogP contribution is 2.28. The molecule has 0 atom stereocenters. The standard InChI is InChI=1S/C14H12N2OS/c1-9-7-11(8-17)10(2)16(9)14-15-12-5-3-4-6-13(12)18-14/h3-8H,1-2H3. The average molecular weight is 256 g/mol. The van der Waals surface area contributed by atoms with Crippen molar-refractivity contribution in [3.8, 4) is 5.13 Å². The van der Waals surface area contributed by atoms with Gasteiger partial charge in [-0.25, -0.2) is 4.98 Å². The molecule has 3 rings (SSSR count). The van der Waals surface area contributed by atoms with E-state index < -0.39 is 0 Å². The number of carbonyl (C=O) groups excluding carboxylic acids is 1. The van der Waals surface area contributed by atoms with Gasteiger partial charge in [0.1, 0.15) is 0 Å². The van der Waals surface area contributed by atoms with Crippen LogP contribution in [0.15, 0.2) is 30.3 Å². The zero-order valence-electron chi connectivity index (χ0n) is 10.2. The van der Waals surface area contributed by atoms with Crippen LogP contribution in [0.4, 0.5) is 0 Å². The third kappa shape index (κ3) is 1.57. The minimum Gasteiger partial charge on any atom is -0.298 e. The summed E-state index contributed by atoms with van der Waals surface area (Å²) in [4.78, 5) is 15.6. The number of aldehydes is 1. The van der Waals surface area contributed by atoms with Crippen LogP contribution in [0.5, 0.6) is 0 Å². The Bertz CT molecular complexity index is 706. The van der Waals surface area contributed by atoms with E-state index in [-0.39, 0.29) is 0 Å². The fourth-order valence-electron chi connectivity index (χ4n) is 2.16. The molecule has 0 saturated carbocycles. The molecule has 0 spiro atoms. The topological polar surface area (TPSA) is 34.9 Å². The third-order valence-electron chi connectivity index (χ3n) is 3.07. The van der Waals surface area contributed by atoms with Gasteiger partial charge in [-0.15, -0.1) is 0 Å². The van der Waals surface area contributed by atoms with Crippen molar-refractivity contribution >= 4 is 27.8 Å². The van der Waals surface area contributed by atoms with Crippen molar-refractivity contribution in [2.75, 3.05) is 0 Å². The first kappa shape index (κ1) is 11.2. The molecule has 90 valence electrons. The molecule has 3 aromatic rings. The zero-order chi connectivity index (χ0) is 12.7. The molecule has 1 aromatic carbocycles. The molecule has 0 amide bonds. The molecular weight excluding hydrogens is 244 g/mol. The molecule has 2 heterocycles. The number of carbonyl (C=O) groups is 1. The van der Waals surface area contributed by atoms with E-state index in [0.717, 1.165) is 38.6 Å². The summed E-state index contributed by atoms with van der Waals surface area (Å²) in [6.07, 6.45) is 0.895. The Morgan fingerprint density at radius 3 is 2.72 bits per heavy atom. The van der Waals surface area contributed by atoms with Crippen molar-refractivity contribution in [1.29, 1.82) is 0 Å². The van der Waals surface area contributed by atoms with Crippen LogP contribution in [-0.4, -0.2) is 15.8 Å². The second-order valence-electron chi connectivity index (χ2n) is 4.24.